The Bertz CT molecular complexity index is 1630. The summed E-state index contributed by atoms with van der Waals surface area (Å²) >= 11 is 1.22. The predicted molar refractivity (Wildman–Crippen MR) is 154 cm³/mol. The van der Waals surface area contributed by atoms with E-state index in [9.17, 15) is 22.8 Å². The van der Waals surface area contributed by atoms with Gasteiger partial charge < -0.3 is 10.1 Å². The zero-order valence-corrected chi connectivity index (χ0v) is 23.5. The lowest BCUT2D eigenvalue weighted by atomic mass is 10.1. The summed E-state index contributed by atoms with van der Waals surface area (Å²) in [5, 5.41) is 7.59. The Morgan fingerprint density at radius 3 is 2.36 bits per heavy atom. The zero-order valence-electron chi connectivity index (χ0n) is 22.7. The summed E-state index contributed by atoms with van der Waals surface area (Å²) < 4.78 is 42.5. The minimum absolute atomic E-state index is 0.129. The third-order valence-corrected chi connectivity index (χ3v) is 7.38. The average Bonchev–Trinajstić information content (AvgIpc) is 3.56. The monoisotopic (exact) mass is 594 g/mol. The van der Waals surface area contributed by atoms with E-state index >= 15 is 0 Å². The number of aliphatic imine (C=N–C) groups is 1. The number of aryl methyl sites for hydroxylation is 2. The molecule has 1 aliphatic heterocycles. The van der Waals surface area contributed by atoms with E-state index in [0.29, 0.717) is 22.2 Å². The number of alkyl halides is 3. The number of rotatable bonds is 6. The van der Waals surface area contributed by atoms with Crippen LogP contribution in [-0.4, -0.2) is 44.0 Å². The van der Waals surface area contributed by atoms with Crippen LogP contribution in [0.25, 0.3) is 17.1 Å². The Labute approximate surface area is 243 Å². The van der Waals surface area contributed by atoms with Gasteiger partial charge in [0.15, 0.2) is 11.0 Å². The Morgan fingerprint density at radius 2 is 1.71 bits per heavy atom. The number of ether oxygens (including phenoxy) is 1. The Kier molecular flexibility index (Phi) is 8.03. The van der Waals surface area contributed by atoms with Crippen molar-refractivity contribution in [1.82, 2.24) is 20.1 Å². The van der Waals surface area contributed by atoms with Crippen LogP contribution in [0.15, 0.2) is 78.0 Å². The second-order valence-electron chi connectivity index (χ2n) is 9.50. The van der Waals surface area contributed by atoms with E-state index in [1.807, 2.05) is 51.1 Å². The summed E-state index contributed by atoms with van der Waals surface area (Å²) in [6.07, 6.45) is -3.31. The largest absolute Gasteiger partial charge is 0.573 e. The maximum absolute atomic E-state index is 12.8. The lowest BCUT2D eigenvalue weighted by Crippen LogP contribution is -2.33. The number of carbonyl (C=O) groups excluding carboxylic acids is 2. The third kappa shape index (κ3) is 6.46. The Hall–Kier alpha value is -4.65. The number of hydrogen-bond donors (Lipinski definition) is 1. The summed E-state index contributed by atoms with van der Waals surface area (Å²) in [5.74, 6) is 0.160. The van der Waals surface area contributed by atoms with Crippen LogP contribution in [0.1, 0.15) is 29.7 Å². The van der Waals surface area contributed by atoms with E-state index in [1.165, 1.54) is 51.9 Å². The molecule has 9 nitrogen and oxygen atoms in total. The van der Waals surface area contributed by atoms with Crippen molar-refractivity contribution in [3.05, 3.63) is 89.7 Å². The van der Waals surface area contributed by atoms with E-state index in [-0.39, 0.29) is 23.5 Å². The van der Waals surface area contributed by atoms with Crippen molar-refractivity contribution in [2.75, 3.05) is 10.7 Å². The maximum Gasteiger partial charge on any atom is 0.573 e. The molecular weight excluding hydrogens is 569 g/mol. The molecule has 1 atom stereocenters. The van der Waals surface area contributed by atoms with E-state index < -0.39 is 12.4 Å². The number of amidine groups is 1. The van der Waals surface area contributed by atoms with Gasteiger partial charge in [0.25, 0.3) is 0 Å². The second kappa shape index (κ2) is 11.7. The van der Waals surface area contributed by atoms with Gasteiger partial charge in [0.05, 0.1) is 23.2 Å². The second-order valence-corrected chi connectivity index (χ2v) is 10.4. The van der Waals surface area contributed by atoms with Gasteiger partial charge in [-0.05, 0) is 61.7 Å². The number of thioether (sulfide) groups is 1. The van der Waals surface area contributed by atoms with Crippen molar-refractivity contribution in [3.8, 4) is 22.8 Å². The molecule has 1 aromatic heterocycles. The molecule has 0 saturated carbocycles. The van der Waals surface area contributed by atoms with Crippen LogP contribution in [0.5, 0.6) is 5.75 Å². The molecule has 1 saturated heterocycles. The summed E-state index contributed by atoms with van der Waals surface area (Å²) in [4.78, 5) is 35.5. The fourth-order valence-corrected chi connectivity index (χ4v) is 5.30. The van der Waals surface area contributed by atoms with Crippen LogP contribution in [0.2, 0.25) is 0 Å². The number of hydrogen-bond acceptors (Lipinski definition) is 6. The fourth-order valence-electron chi connectivity index (χ4n) is 4.45. The molecule has 5 rings (SSSR count). The van der Waals surface area contributed by atoms with Gasteiger partial charge in [-0.25, -0.2) is 14.5 Å². The number of para-hydroxylation sites is 1. The van der Waals surface area contributed by atoms with Crippen LogP contribution in [0.3, 0.4) is 0 Å². The van der Waals surface area contributed by atoms with Crippen LogP contribution in [0, 0.1) is 13.8 Å². The van der Waals surface area contributed by atoms with Gasteiger partial charge in [0, 0.05) is 5.56 Å². The predicted octanol–water partition coefficient (Wildman–Crippen LogP) is 6.36. The molecule has 13 heteroatoms. The number of nitrogens with one attached hydrogen (secondary N) is 1. The van der Waals surface area contributed by atoms with Gasteiger partial charge in [-0.15, -0.1) is 18.3 Å². The molecule has 3 aromatic carbocycles. The van der Waals surface area contributed by atoms with Crippen molar-refractivity contribution in [1.29, 1.82) is 0 Å². The van der Waals surface area contributed by atoms with Crippen molar-refractivity contribution in [3.63, 3.8) is 0 Å². The van der Waals surface area contributed by atoms with Gasteiger partial charge in [0.2, 0.25) is 5.91 Å². The fraction of sp³-hybridized carbons (Fsp3) is 0.207. The van der Waals surface area contributed by atoms with Gasteiger partial charge in [-0.2, -0.15) is 4.99 Å². The molecular formula is C29H25F3N6O3S. The SMILES string of the molecule is Cc1cccc(C)c1N1C(=O)CS/C1=N\C(=O)NC(C)c1ccc(-c2ncn(-c3ccc(OC(F)(F)F)cc3)n2)cc1. The molecule has 216 valence electrons. The van der Waals surface area contributed by atoms with Gasteiger partial charge in [-0.1, -0.05) is 54.2 Å². The highest BCUT2D eigenvalue weighted by atomic mass is 32.2. The molecule has 1 N–H and O–H groups in total. The summed E-state index contributed by atoms with van der Waals surface area (Å²) in [7, 11) is 0. The first-order valence-electron chi connectivity index (χ1n) is 12.8. The number of anilines is 1. The Balaban J connectivity index is 1.24. The van der Waals surface area contributed by atoms with E-state index in [0.717, 1.165) is 22.4 Å². The van der Waals surface area contributed by atoms with Crippen LogP contribution < -0.4 is 15.0 Å². The minimum Gasteiger partial charge on any atom is -0.406 e. The molecule has 0 radical (unpaired) electrons. The maximum atomic E-state index is 12.8. The summed E-state index contributed by atoms with van der Waals surface area (Å²) in [6.45, 7) is 5.65. The highest BCUT2D eigenvalue weighted by Gasteiger charge is 2.33. The number of halogens is 3. The molecule has 1 fully saturated rings. The first-order chi connectivity index (χ1) is 20.0. The molecule has 1 aliphatic rings. The lowest BCUT2D eigenvalue weighted by Gasteiger charge is -2.21. The first-order valence-corrected chi connectivity index (χ1v) is 13.8. The molecule has 4 aromatic rings. The zero-order chi connectivity index (χ0) is 30.0. The highest BCUT2D eigenvalue weighted by Crippen LogP contribution is 2.32. The molecule has 1 unspecified atom stereocenters. The van der Waals surface area contributed by atoms with Gasteiger partial charge >= 0.3 is 12.4 Å². The van der Waals surface area contributed by atoms with E-state index in [4.69, 9.17) is 0 Å². The highest BCUT2D eigenvalue weighted by molar-refractivity contribution is 8.15. The minimum atomic E-state index is -4.76. The van der Waals surface area contributed by atoms with Gasteiger partial charge in [-0.3, -0.25) is 9.69 Å². The summed E-state index contributed by atoms with van der Waals surface area (Å²) in [5.41, 5.74) is 4.61. The standard InChI is InChI=1S/C29H25F3N6O3S/c1-17-5-4-6-18(2)25(17)38-24(39)15-42-28(38)35-27(40)34-19(3)20-7-9-21(10-8-20)26-33-16-37(36-26)22-11-13-23(14-12-22)41-29(30,31)32/h4-14,16,19H,15H2,1-3H3,(H,34,40)/b35-28-. The Morgan fingerprint density at radius 1 is 1.05 bits per heavy atom. The topological polar surface area (TPSA) is 102 Å². The smallest absolute Gasteiger partial charge is 0.406 e. The van der Waals surface area contributed by atoms with Crippen molar-refractivity contribution in [2.24, 2.45) is 4.99 Å². The quantitative estimate of drug-likeness (QED) is 0.279. The number of nitrogens with zero attached hydrogens (tertiary/aromatic N) is 5. The van der Waals surface area contributed by atoms with E-state index in [1.54, 1.807) is 12.1 Å². The van der Waals surface area contributed by atoms with Crippen LogP contribution in [-0.2, 0) is 4.79 Å². The number of urea groups is 1. The molecule has 42 heavy (non-hydrogen) atoms. The molecule has 3 amide bonds. The molecule has 0 aliphatic carbocycles. The van der Waals surface area contributed by atoms with Gasteiger partial charge in [0.1, 0.15) is 12.1 Å². The van der Waals surface area contributed by atoms with Crippen LogP contribution in [0.4, 0.5) is 23.7 Å². The molecule has 2 heterocycles. The number of amides is 3. The van der Waals surface area contributed by atoms with Crippen molar-refractivity contribution in [2.45, 2.75) is 33.2 Å². The van der Waals surface area contributed by atoms with Crippen LogP contribution >= 0.6 is 11.8 Å². The summed E-state index contributed by atoms with van der Waals surface area (Å²) in [6, 6.07) is 17.3. The first kappa shape index (κ1) is 28.9. The third-order valence-electron chi connectivity index (χ3n) is 6.46. The van der Waals surface area contributed by atoms with Crippen molar-refractivity contribution < 1.29 is 27.5 Å². The number of aromatic nitrogens is 3. The lowest BCUT2D eigenvalue weighted by molar-refractivity contribution is -0.274. The van der Waals surface area contributed by atoms with E-state index in [2.05, 4.69) is 25.1 Å². The number of carbonyl (C=O) groups is 2. The van der Waals surface area contributed by atoms with Crippen molar-refractivity contribution >= 4 is 34.6 Å². The molecule has 0 bridgehead atoms. The normalized spacial score (nSPS) is 15.2. The average molecular weight is 595 g/mol. The number of benzene rings is 3. The molecule has 0 spiro atoms.